The number of nitriles is 1. The number of methoxy groups -OCH3 is 1. The quantitative estimate of drug-likeness (QED) is 0.667. The monoisotopic (exact) mass is 206 g/mol. The average Bonchev–Trinajstić information content (AvgIpc) is 2.29. The number of nitrogens with zero attached hydrogens (tertiary/aromatic N) is 4. The average molecular weight is 206 g/mol. The normalized spacial score (nSPS) is 9.67. The molecular weight excluding hydrogens is 192 g/mol. The van der Waals surface area contributed by atoms with E-state index in [-0.39, 0.29) is 0 Å². The molecule has 0 fully saturated rings. The van der Waals surface area contributed by atoms with E-state index in [1.54, 1.807) is 13.2 Å². The zero-order valence-corrected chi connectivity index (χ0v) is 8.97. The summed E-state index contributed by atoms with van der Waals surface area (Å²) in [5, 5.41) is 16.6. The van der Waals surface area contributed by atoms with Gasteiger partial charge in [-0.05, 0) is 12.5 Å². The molecule has 5 heteroatoms. The highest BCUT2D eigenvalue weighted by Gasteiger charge is 2.08. The molecule has 0 N–H and O–H groups in total. The van der Waals surface area contributed by atoms with Gasteiger partial charge in [-0.15, -0.1) is 5.10 Å². The molecule has 0 atom stereocenters. The van der Waals surface area contributed by atoms with Gasteiger partial charge in [-0.3, -0.25) is 0 Å². The number of rotatable bonds is 5. The van der Waals surface area contributed by atoms with Crippen molar-refractivity contribution in [3.63, 3.8) is 0 Å². The van der Waals surface area contributed by atoms with E-state index in [0.717, 1.165) is 13.0 Å². The number of hydrogen-bond donors (Lipinski definition) is 0. The van der Waals surface area contributed by atoms with Gasteiger partial charge >= 0.3 is 0 Å². The second kappa shape index (κ2) is 5.94. The highest BCUT2D eigenvalue weighted by Crippen LogP contribution is 2.13. The van der Waals surface area contributed by atoms with Crippen molar-refractivity contribution >= 4 is 5.82 Å². The third kappa shape index (κ3) is 3.18. The maximum atomic E-state index is 8.87. The summed E-state index contributed by atoms with van der Waals surface area (Å²) in [4.78, 5) is 1.91. The second-order valence-electron chi connectivity index (χ2n) is 3.15. The van der Waals surface area contributed by atoms with E-state index in [1.807, 2.05) is 11.9 Å². The van der Waals surface area contributed by atoms with Crippen LogP contribution in [0.4, 0.5) is 5.82 Å². The molecule has 0 aliphatic carbocycles. The van der Waals surface area contributed by atoms with Crippen molar-refractivity contribution in [1.82, 2.24) is 10.2 Å². The first kappa shape index (κ1) is 11.4. The molecule has 0 aromatic carbocycles. The lowest BCUT2D eigenvalue weighted by molar-refractivity contribution is 0.196. The third-order valence-corrected chi connectivity index (χ3v) is 2.03. The van der Waals surface area contributed by atoms with Crippen LogP contribution in [0.2, 0.25) is 0 Å². The van der Waals surface area contributed by atoms with Crippen molar-refractivity contribution in [3.05, 3.63) is 17.8 Å². The molecule has 1 rings (SSSR count). The predicted octanol–water partition coefficient (Wildman–Crippen LogP) is 0.821. The van der Waals surface area contributed by atoms with Gasteiger partial charge in [-0.25, -0.2) is 0 Å². The second-order valence-corrected chi connectivity index (χ2v) is 3.15. The van der Waals surface area contributed by atoms with Crippen LogP contribution in [0.15, 0.2) is 12.3 Å². The van der Waals surface area contributed by atoms with E-state index in [1.165, 1.54) is 6.20 Å². The Labute approximate surface area is 89.3 Å². The molecule has 1 aromatic heterocycles. The Morgan fingerprint density at radius 2 is 2.40 bits per heavy atom. The minimum atomic E-state index is 0.546. The molecule has 0 saturated heterocycles. The summed E-state index contributed by atoms with van der Waals surface area (Å²) in [5.74, 6) is 0.621. The van der Waals surface area contributed by atoms with Crippen LogP contribution in [-0.2, 0) is 4.74 Å². The van der Waals surface area contributed by atoms with E-state index >= 15 is 0 Å². The number of aromatic nitrogens is 2. The third-order valence-electron chi connectivity index (χ3n) is 2.03. The molecule has 1 aromatic rings. The van der Waals surface area contributed by atoms with Gasteiger partial charge in [0.2, 0.25) is 0 Å². The lowest BCUT2D eigenvalue weighted by atomic mass is 10.3. The lowest BCUT2D eigenvalue weighted by Gasteiger charge is -2.17. The van der Waals surface area contributed by atoms with Gasteiger partial charge in [0.15, 0.2) is 5.82 Å². The Morgan fingerprint density at radius 3 is 3.07 bits per heavy atom. The van der Waals surface area contributed by atoms with Gasteiger partial charge in [-0.1, -0.05) is 0 Å². The molecule has 15 heavy (non-hydrogen) atoms. The maximum Gasteiger partial charge on any atom is 0.168 e. The molecule has 0 aliphatic heterocycles. The first-order valence-electron chi connectivity index (χ1n) is 4.71. The van der Waals surface area contributed by atoms with Crippen LogP contribution in [0.25, 0.3) is 0 Å². The molecule has 0 amide bonds. The fourth-order valence-corrected chi connectivity index (χ4v) is 1.25. The summed E-state index contributed by atoms with van der Waals surface area (Å²) < 4.78 is 4.96. The summed E-state index contributed by atoms with van der Waals surface area (Å²) in [7, 11) is 3.56. The van der Waals surface area contributed by atoms with Crippen LogP contribution < -0.4 is 4.90 Å². The SMILES string of the molecule is COCCCN(C)c1nnccc1C#N. The predicted molar refractivity (Wildman–Crippen MR) is 56.5 cm³/mol. The number of ether oxygens (including phenoxy) is 1. The molecule has 0 spiro atoms. The van der Waals surface area contributed by atoms with Crippen molar-refractivity contribution < 1.29 is 4.74 Å². The van der Waals surface area contributed by atoms with Crippen molar-refractivity contribution in [2.75, 3.05) is 32.2 Å². The van der Waals surface area contributed by atoms with Crippen LogP contribution >= 0.6 is 0 Å². The minimum absolute atomic E-state index is 0.546. The smallest absolute Gasteiger partial charge is 0.168 e. The highest BCUT2D eigenvalue weighted by molar-refractivity contribution is 5.51. The van der Waals surface area contributed by atoms with Gasteiger partial charge in [0, 0.05) is 27.3 Å². The summed E-state index contributed by atoms with van der Waals surface area (Å²) in [5.41, 5.74) is 0.546. The first-order chi connectivity index (χ1) is 7.29. The van der Waals surface area contributed by atoms with Gasteiger partial charge in [0.1, 0.15) is 6.07 Å². The fraction of sp³-hybridized carbons (Fsp3) is 0.500. The minimum Gasteiger partial charge on any atom is -0.385 e. The number of hydrogen-bond acceptors (Lipinski definition) is 5. The molecule has 0 radical (unpaired) electrons. The Hall–Kier alpha value is -1.67. The molecule has 80 valence electrons. The Kier molecular flexibility index (Phi) is 4.51. The summed E-state index contributed by atoms with van der Waals surface area (Å²) in [6.45, 7) is 1.49. The van der Waals surface area contributed by atoms with Gasteiger partial charge in [0.05, 0.1) is 11.8 Å². The van der Waals surface area contributed by atoms with Crippen molar-refractivity contribution in [2.24, 2.45) is 0 Å². The van der Waals surface area contributed by atoms with E-state index in [9.17, 15) is 0 Å². The number of anilines is 1. The van der Waals surface area contributed by atoms with E-state index in [4.69, 9.17) is 10.00 Å². The topological polar surface area (TPSA) is 62.0 Å². The van der Waals surface area contributed by atoms with Crippen LogP contribution in [0, 0.1) is 11.3 Å². The molecule has 0 bridgehead atoms. The maximum absolute atomic E-state index is 8.87. The summed E-state index contributed by atoms with van der Waals surface area (Å²) >= 11 is 0. The van der Waals surface area contributed by atoms with E-state index in [0.29, 0.717) is 18.0 Å². The Bertz CT molecular complexity index is 348. The Balaban J connectivity index is 2.65. The molecule has 0 saturated carbocycles. The molecule has 1 heterocycles. The van der Waals surface area contributed by atoms with Crippen LogP contribution in [-0.4, -0.2) is 37.5 Å². The van der Waals surface area contributed by atoms with Gasteiger partial charge in [-0.2, -0.15) is 10.4 Å². The van der Waals surface area contributed by atoms with Crippen LogP contribution in [0.1, 0.15) is 12.0 Å². The zero-order valence-electron chi connectivity index (χ0n) is 8.97. The summed E-state index contributed by atoms with van der Waals surface area (Å²) in [6.07, 6.45) is 2.42. The Morgan fingerprint density at radius 1 is 1.60 bits per heavy atom. The fourth-order valence-electron chi connectivity index (χ4n) is 1.25. The standard InChI is InChI=1S/C10H14N4O/c1-14(6-3-7-15-2)10-9(8-11)4-5-12-13-10/h4-5H,3,6-7H2,1-2H3. The zero-order chi connectivity index (χ0) is 11.1. The molecule has 0 aliphatic rings. The van der Waals surface area contributed by atoms with Crippen molar-refractivity contribution in [2.45, 2.75) is 6.42 Å². The van der Waals surface area contributed by atoms with Gasteiger partial charge < -0.3 is 9.64 Å². The van der Waals surface area contributed by atoms with Gasteiger partial charge in [0.25, 0.3) is 0 Å². The molecule has 5 nitrogen and oxygen atoms in total. The molecule has 0 unspecified atom stereocenters. The first-order valence-corrected chi connectivity index (χ1v) is 4.71. The van der Waals surface area contributed by atoms with E-state index < -0.39 is 0 Å². The lowest BCUT2D eigenvalue weighted by Crippen LogP contribution is -2.22. The summed E-state index contributed by atoms with van der Waals surface area (Å²) in [6, 6.07) is 3.75. The van der Waals surface area contributed by atoms with Crippen LogP contribution in [0.5, 0.6) is 0 Å². The van der Waals surface area contributed by atoms with Crippen LogP contribution in [0.3, 0.4) is 0 Å². The van der Waals surface area contributed by atoms with E-state index in [2.05, 4.69) is 16.3 Å². The van der Waals surface area contributed by atoms with Crippen molar-refractivity contribution in [1.29, 1.82) is 5.26 Å². The van der Waals surface area contributed by atoms with Crippen molar-refractivity contribution in [3.8, 4) is 6.07 Å². The highest BCUT2D eigenvalue weighted by atomic mass is 16.5. The molecular formula is C10H14N4O. The largest absolute Gasteiger partial charge is 0.385 e.